The van der Waals surface area contributed by atoms with Crippen LogP contribution in [0.5, 0.6) is 0 Å². The summed E-state index contributed by atoms with van der Waals surface area (Å²) in [5.41, 5.74) is -0.851. The molecule has 7 heteroatoms. The van der Waals surface area contributed by atoms with E-state index in [1.807, 2.05) is 0 Å². The standard InChI is InChI=1S/C14H18F3NO2S/c1-9(12(8-19)21-2)18-13(20)7-10-5-3-4-6-11(10)14(15,16)17/h3-6,9,12,19H,7-8H2,1-2H3,(H,18,20)/t9-,12+/m1/s1. The van der Waals surface area contributed by atoms with Crippen LogP contribution in [-0.2, 0) is 17.4 Å². The smallest absolute Gasteiger partial charge is 0.395 e. The second kappa shape index (κ2) is 7.70. The summed E-state index contributed by atoms with van der Waals surface area (Å²) in [7, 11) is 0. The summed E-state index contributed by atoms with van der Waals surface area (Å²) in [6.45, 7) is 1.60. The second-order valence-corrected chi connectivity index (χ2v) is 5.72. The number of benzene rings is 1. The van der Waals surface area contributed by atoms with Gasteiger partial charge in [-0.25, -0.2) is 0 Å². The van der Waals surface area contributed by atoms with Crippen molar-refractivity contribution in [3.05, 3.63) is 35.4 Å². The fourth-order valence-corrected chi connectivity index (χ4v) is 2.58. The summed E-state index contributed by atoms with van der Waals surface area (Å²) in [6, 6.07) is 4.70. The van der Waals surface area contributed by atoms with E-state index in [9.17, 15) is 18.0 Å². The van der Waals surface area contributed by atoms with Gasteiger partial charge in [-0.05, 0) is 24.8 Å². The molecular formula is C14H18F3NO2S. The molecule has 0 saturated heterocycles. The van der Waals surface area contributed by atoms with Crippen molar-refractivity contribution in [2.45, 2.75) is 30.8 Å². The molecule has 0 fully saturated rings. The Kier molecular flexibility index (Phi) is 6.54. The Hall–Kier alpha value is -1.21. The Labute approximate surface area is 125 Å². The summed E-state index contributed by atoms with van der Waals surface area (Å²) in [6.07, 6.45) is -3.02. The van der Waals surface area contributed by atoms with Gasteiger partial charge in [-0.15, -0.1) is 0 Å². The lowest BCUT2D eigenvalue weighted by atomic mass is 10.0. The van der Waals surface area contributed by atoms with Crippen molar-refractivity contribution in [3.63, 3.8) is 0 Å². The molecule has 0 bridgehead atoms. The minimum Gasteiger partial charge on any atom is -0.395 e. The molecule has 0 aliphatic carbocycles. The highest BCUT2D eigenvalue weighted by Crippen LogP contribution is 2.32. The van der Waals surface area contributed by atoms with E-state index in [2.05, 4.69) is 5.32 Å². The number of carbonyl (C=O) groups is 1. The number of alkyl halides is 3. The van der Waals surface area contributed by atoms with Gasteiger partial charge in [0, 0.05) is 11.3 Å². The highest BCUT2D eigenvalue weighted by atomic mass is 32.2. The van der Waals surface area contributed by atoms with Gasteiger partial charge < -0.3 is 10.4 Å². The van der Waals surface area contributed by atoms with Crippen molar-refractivity contribution < 1.29 is 23.1 Å². The van der Waals surface area contributed by atoms with Crippen LogP contribution in [0.25, 0.3) is 0 Å². The number of nitrogens with one attached hydrogen (secondary N) is 1. The van der Waals surface area contributed by atoms with Crippen molar-refractivity contribution in [2.24, 2.45) is 0 Å². The SMILES string of the molecule is CS[C@@H](CO)[C@@H](C)NC(=O)Cc1ccccc1C(F)(F)F. The predicted octanol–water partition coefficient (Wildman–Crippen LogP) is 2.48. The minimum atomic E-state index is -4.48. The zero-order valence-corrected chi connectivity index (χ0v) is 12.6. The monoisotopic (exact) mass is 321 g/mol. The first kappa shape index (κ1) is 17.8. The van der Waals surface area contributed by atoms with E-state index in [4.69, 9.17) is 5.11 Å². The van der Waals surface area contributed by atoms with Crippen LogP contribution in [-0.4, -0.2) is 35.2 Å². The van der Waals surface area contributed by atoms with Crippen LogP contribution < -0.4 is 5.32 Å². The Morgan fingerprint density at radius 1 is 1.38 bits per heavy atom. The molecule has 0 spiro atoms. The van der Waals surface area contributed by atoms with Crippen LogP contribution in [0.3, 0.4) is 0 Å². The number of thioether (sulfide) groups is 1. The highest BCUT2D eigenvalue weighted by Gasteiger charge is 2.33. The van der Waals surface area contributed by atoms with Crippen molar-refractivity contribution >= 4 is 17.7 Å². The van der Waals surface area contributed by atoms with Crippen LogP contribution in [0.1, 0.15) is 18.1 Å². The first-order valence-corrected chi connectivity index (χ1v) is 7.66. The molecule has 0 saturated carbocycles. The van der Waals surface area contributed by atoms with Crippen LogP contribution in [0, 0.1) is 0 Å². The van der Waals surface area contributed by atoms with E-state index in [-0.39, 0.29) is 29.9 Å². The third-order valence-electron chi connectivity index (χ3n) is 3.10. The first-order valence-electron chi connectivity index (χ1n) is 6.37. The van der Waals surface area contributed by atoms with Gasteiger partial charge in [0.15, 0.2) is 0 Å². The topological polar surface area (TPSA) is 49.3 Å². The number of carbonyl (C=O) groups excluding carboxylic acids is 1. The van der Waals surface area contributed by atoms with Gasteiger partial charge in [-0.3, -0.25) is 4.79 Å². The van der Waals surface area contributed by atoms with Crippen LogP contribution in [0.2, 0.25) is 0 Å². The second-order valence-electron chi connectivity index (χ2n) is 4.64. The van der Waals surface area contributed by atoms with Gasteiger partial charge in [0.2, 0.25) is 5.91 Å². The largest absolute Gasteiger partial charge is 0.416 e. The summed E-state index contributed by atoms with van der Waals surface area (Å²) >= 11 is 1.39. The van der Waals surface area contributed by atoms with Crippen molar-refractivity contribution in [1.29, 1.82) is 0 Å². The van der Waals surface area contributed by atoms with Gasteiger partial charge in [-0.2, -0.15) is 24.9 Å². The molecule has 1 aromatic rings. The van der Waals surface area contributed by atoms with Gasteiger partial charge in [0.05, 0.1) is 18.6 Å². The lowest BCUT2D eigenvalue weighted by molar-refractivity contribution is -0.138. The average Bonchev–Trinajstić information content (AvgIpc) is 2.39. The molecule has 0 aliphatic rings. The van der Waals surface area contributed by atoms with Gasteiger partial charge in [0.1, 0.15) is 0 Å². The maximum Gasteiger partial charge on any atom is 0.416 e. The number of aliphatic hydroxyl groups is 1. The molecule has 0 radical (unpaired) electrons. The molecule has 1 aromatic carbocycles. The Balaban J connectivity index is 2.76. The molecule has 1 amide bonds. The highest BCUT2D eigenvalue weighted by molar-refractivity contribution is 7.99. The van der Waals surface area contributed by atoms with Crippen LogP contribution in [0.15, 0.2) is 24.3 Å². The van der Waals surface area contributed by atoms with E-state index in [0.717, 1.165) is 6.07 Å². The van der Waals surface area contributed by atoms with Crippen molar-refractivity contribution in [3.8, 4) is 0 Å². The van der Waals surface area contributed by atoms with Crippen molar-refractivity contribution in [1.82, 2.24) is 5.32 Å². The number of halogens is 3. The zero-order valence-electron chi connectivity index (χ0n) is 11.8. The van der Waals surface area contributed by atoms with Crippen LogP contribution in [0.4, 0.5) is 13.2 Å². The number of rotatable bonds is 6. The maximum atomic E-state index is 12.8. The number of hydrogen-bond acceptors (Lipinski definition) is 3. The minimum absolute atomic E-state index is 0.0561. The summed E-state index contributed by atoms with van der Waals surface area (Å²) < 4.78 is 38.5. The molecule has 2 atom stereocenters. The number of amides is 1. The molecule has 3 nitrogen and oxygen atoms in total. The lowest BCUT2D eigenvalue weighted by Crippen LogP contribution is -2.42. The molecule has 2 N–H and O–H groups in total. The van der Waals surface area contributed by atoms with Crippen LogP contribution >= 0.6 is 11.8 Å². The average molecular weight is 321 g/mol. The number of aliphatic hydroxyl groups excluding tert-OH is 1. The molecule has 1 rings (SSSR count). The third-order valence-corrected chi connectivity index (χ3v) is 4.27. The first-order chi connectivity index (χ1) is 9.79. The quantitative estimate of drug-likeness (QED) is 0.846. The zero-order chi connectivity index (χ0) is 16.0. The summed E-state index contributed by atoms with van der Waals surface area (Å²) in [5, 5.41) is 11.6. The molecule has 0 unspecified atom stereocenters. The Morgan fingerprint density at radius 3 is 2.52 bits per heavy atom. The lowest BCUT2D eigenvalue weighted by Gasteiger charge is -2.21. The Bertz CT molecular complexity index is 476. The predicted molar refractivity (Wildman–Crippen MR) is 77.1 cm³/mol. The van der Waals surface area contributed by atoms with E-state index >= 15 is 0 Å². The number of hydrogen-bond donors (Lipinski definition) is 2. The summed E-state index contributed by atoms with van der Waals surface area (Å²) in [4.78, 5) is 11.9. The van der Waals surface area contributed by atoms with E-state index < -0.39 is 17.6 Å². The molecule has 0 aliphatic heterocycles. The molecule has 118 valence electrons. The molecule has 0 heterocycles. The fourth-order valence-electron chi connectivity index (χ4n) is 1.96. The normalized spacial score (nSPS) is 14.6. The van der Waals surface area contributed by atoms with Gasteiger partial charge in [0.25, 0.3) is 0 Å². The maximum absolute atomic E-state index is 12.8. The third kappa shape index (κ3) is 5.24. The van der Waals surface area contributed by atoms with E-state index in [0.29, 0.717) is 0 Å². The molecule has 0 aromatic heterocycles. The molecular weight excluding hydrogens is 303 g/mol. The van der Waals surface area contributed by atoms with Gasteiger partial charge >= 0.3 is 6.18 Å². The van der Waals surface area contributed by atoms with Gasteiger partial charge in [-0.1, -0.05) is 18.2 Å². The fraction of sp³-hybridized carbons (Fsp3) is 0.500. The van der Waals surface area contributed by atoms with Crippen molar-refractivity contribution in [2.75, 3.05) is 12.9 Å². The Morgan fingerprint density at radius 2 is 2.00 bits per heavy atom. The van der Waals surface area contributed by atoms with E-state index in [1.165, 1.54) is 30.0 Å². The van der Waals surface area contributed by atoms with E-state index in [1.54, 1.807) is 13.2 Å². The summed E-state index contributed by atoms with van der Waals surface area (Å²) in [5.74, 6) is -0.494. The molecule has 21 heavy (non-hydrogen) atoms.